The van der Waals surface area contributed by atoms with Gasteiger partial charge in [0.25, 0.3) is 0 Å². The number of fused-ring (bicyclic) bond motifs is 1. The lowest BCUT2D eigenvalue weighted by Crippen LogP contribution is -2.45. The minimum Gasteiger partial charge on any atom is -0.378 e. The SMILES string of the molecule is CC1(C)CCC(NC(=O)CC2COCCN2)c2ccccc21. The van der Waals surface area contributed by atoms with Gasteiger partial charge in [-0.15, -0.1) is 0 Å². The van der Waals surface area contributed by atoms with Crippen LogP contribution in [0.25, 0.3) is 0 Å². The Balaban J connectivity index is 1.66. The van der Waals surface area contributed by atoms with Crippen LogP contribution >= 0.6 is 0 Å². The summed E-state index contributed by atoms with van der Waals surface area (Å²) in [4.78, 5) is 12.3. The van der Waals surface area contributed by atoms with Crippen LogP contribution in [-0.4, -0.2) is 31.7 Å². The topological polar surface area (TPSA) is 50.4 Å². The summed E-state index contributed by atoms with van der Waals surface area (Å²) in [7, 11) is 0. The second-order valence-corrected chi connectivity index (χ2v) is 7.06. The van der Waals surface area contributed by atoms with Crippen LogP contribution in [0.2, 0.25) is 0 Å². The molecule has 4 heteroatoms. The Bertz CT molecular complexity index is 536. The van der Waals surface area contributed by atoms with E-state index in [0.717, 1.165) is 26.0 Å². The lowest BCUT2D eigenvalue weighted by atomic mass is 9.71. The fourth-order valence-electron chi connectivity index (χ4n) is 3.59. The molecule has 1 aliphatic carbocycles. The van der Waals surface area contributed by atoms with Gasteiger partial charge in [-0.3, -0.25) is 4.79 Å². The molecule has 2 unspecified atom stereocenters. The van der Waals surface area contributed by atoms with Crippen LogP contribution in [0, 0.1) is 0 Å². The van der Waals surface area contributed by atoms with Crippen molar-refractivity contribution in [2.45, 2.75) is 50.6 Å². The van der Waals surface area contributed by atoms with E-state index in [1.165, 1.54) is 11.1 Å². The highest BCUT2D eigenvalue weighted by atomic mass is 16.5. The second-order valence-electron chi connectivity index (χ2n) is 7.06. The summed E-state index contributed by atoms with van der Waals surface area (Å²) in [6.45, 7) is 6.77. The summed E-state index contributed by atoms with van der Waals surface area (Å²) < 4.78 is 5.41. The van der Waals surface area contributed by atoms with Gasteiger partial charge in [-0.05, 0) is 29.4 Å². The van der Waals surface area contributed by atoms with E-state index in [-0.39, 0.29) is 23.4 Å². The van der Waals surface area contributed by atoms with Crippen molar-refractivity contribution in [3.8, 4) is 0 Å². The molecule has 2 atom stereocenters. The first-order chi connectivity index (χ1) is 10.6. The zero-order chi connectivity index (χ0) is 15.6. The average molecular weight is 302 g/mol. The molecule has 1 aliphatic heterocycles. The normalized spacial score (nSPS) is 27.0. The zero-order valence-electron chi connectivity index (χ0n) is 13.5. The van der Waals surface area contributed by atoms with Crippen molar-refractivity contribution in [2.75, 3.05) is 19.8 Å². The molecular weight excluding hydrogens is 276 g/mol. The lowest BCUT2D eigenvalue weighted by molar-refractivity contribution is -0.123. The molecule has 22 heavy (non-hydrogen) atoms. The molecule has 0 aromatic heterocycles. The Kier molecular flexibility index (Phi) is 4.50. The van der Waals surface area contributed by atoms with Crippen LogP contribution in [0.15, 0.2) is 24.3 Å². The molecule has 1 amide bonds. The number of benzene rings is 1. The van der Waals surface area contributed by atoms with Gasteiger partial charge in [0.2, 0.25) is 5.91 Å². The molecule has 0 saturated carbocycles. The van der Waals surface area contributed by atoms with Gasteiger partial charge in [-0.1, -0.05) is 38.1 Å². The summed E-state index contributed by atoms with van der Waals surface area (Å²) in [5.74, 6) is 0.113. The highest BCUT2D eigenvalue weighted by Crippen LogP contribution is 2.41. The molecule has 0 radical (unpaired) electrons. The van der Waals surface area contributed by atoms with Crippen LogP contribution < -0.4 is 10.6 Å². The largest absolute Gasteiger partial charge is 0.378 e. The number of carbonyl (C=O) groups excluding carboxylic acids is 1. The van der Waals surface area contributed by atoms with Crippen molar-refractivity contribution in [1.29, 1.82) is 0 Å². The Morgan fingerprint density at radius 2 is 2.23 bits per heavy atom. The molecular formula is C18H26N2O2. The summed E-state index contributed by atoms with van der Waals surface area (Å²) >= 11 is 0. The molecule has 4 nitrogen and oxygen atoms in total. The summed E-state index contributed by atoms with van der Waals surface area (Å²) in [5, 5.41) is 6.56. The maximum absolute atomic E-state index is 12.3. The minimum atomic E-state index is 0.113. The maximum atomic E-state index is 12.3. The van der Waals surface area contributed by atoms with Gasteiger partial charge < -0.3 is 15.4 Å². The number of amides is 1. The van der Waals surface area contributed by atoms with Crippen LogP contribution in [0.1, 0.15) is 50.3 Å². The molecule has 0 bridgehead atoms. The number of morpholine rings is 1. The zero-order valence-corrected chi connectivity index (χ0v) is 13.5. The highest BCUT2D eigenvalue weighted by Gasteiger charge is 2.33. The van der Waals surface area contributed by atoms with Gasteiger partial charge in [0.1, 0.15) is 0 Å². The summed E-state index contributed by atoms with van der Waals surface area (Å²) in [6.07, 6.45) is 2.59. The molecule has 120 valence electrons. The Morgan fingerprint density at radius 3 is 3.00 bits per heavy atom. The third-order valence-electron chi connectivity index (χ3n) is 4.89. The molecule has 2 aliphatic rings. The maximum Gasteiger partial charge on any atom is 0.222 e. The van der Waals surface area contributed by atoms with Crippen molar-refractivity contribution in [3.63, 3.8) is 0 Å². The molecule has 1 heterocycles. The molecule has 1 saturated heterocycles. The summed E-state index contributed by atoms with van der Waals surface area (Å²) in [5.41, 5.74) is 2.84. The predicted octanol–water partition coefficient (Wildman–Crippen LogP) is 2.29. The minimum absolute atomic E-state index is 0.113. The second kappa shape index (κ2) is 6.39. The van der Waals surface area contributed by atoms with E-state index in [2.05, 4.69) is 48.7 Å². The van der Waals surface area contributed by atoms with Crippen LogP contribution in [0.3, 0.4) is 0 Å². The van der Waals surface area contributed by atoms with Gasteiger partial charge in [0.15, 0.2) is 0 Å². The van der Waals surface area contributed by atoms with E-state index in [9.17, 15) is 4.79 Å². The third kappa shape index (κ3) is 3.33. The van der Waals surface area contributed by atoms with E-state index in [0.29, 0.717) is 13.0 Å². The number of ether oxygens (including phenoxy) is 1. The van der Waals surface area contributed by atoms with E-state index in [4.69, 9.17) is 4.74 Å². The van der Waals surface area contributed by atoms with Crippen molar-refractivity contribution in [1.82, 2.24) is 10.6 Å². The molecule has 1 fully saturated rings. The molecule has 2 N–H and O–H groups in total. The average Bonchev–Trinajstić information content (AvgIpc) is 2.51. The third-order valence-corrected chi connectivity index (χ3v) is 4.89. The van der Waals surface area contributed by atoms with Gasteiger partial charge in [-0.25, -0.2) is 0 Å². The van der Waals surface area contributed by atoms with E-state index < -0.39 is 0 Å². The van der Waals surface area contributed by atoms with E-state index >= 15 is 0 Å². The van der Waals surface area contributed by atoms with Crippen molar-refractivity contribution < 1.29 is 9.53 Å². The van der Waals surface area contributed by atoms with Crippen molar-refractivity contribution >= 4 is 5.91 Å². The standard InChI is InChI=1S/C18H26N2O2/c1-18(2)8-7-16(14-5-3-4-6-15(14)18)20-17(21)11-13-12-22-10-9-19-13/h3-6,13,16,19H,7-12H2,1-2H3,(H,20,21). The lowest BCUT2D eigenvalue weighted by Gasteiger charge is -2.37. The van der Waals surface area contributed by atoms with Crippen LogP contribution in [-0.2, 0) is 14.9 Å². The predicted molar refractivity (Wildman–Crippen MR) is 86.8 cm³/mol. The quantitative estimate of drug-likeness (QED) is 0.901. The van der Waals surface area contributed by atoms with Gasteiger partial charge in [0, 0.05) is 19.0 Å². The molecule has 1 aromatic carbocycles. The number of carbonyl (C=O) groups is 1. The van der Waals surface area contributed by atoms with Crippen molar-refractivity contribution in [2.24, 2.45) is 0 Å². The first-order valence-corrected chi connectivity index (χ1v) is 8.26. The number of hydrogen-bond donors (Lipinski definition) is 2. The number of hydrogen-bond acceptors (Lipinski definition) is 3. The monoisotopic (exact) mass is 302 g/mol. The summed E-state index contributed by atoms with van der Waals surface area (Å²) in [6, 6.07) is 8.79. The Morgan fingerprint density at radius 1 is 1.41 bits per heavy atom. The van der Waals surface area contributed by atoms with E-state index in [1.807, 2.05) is 0 Å². The van der Waals surface area contributed by atoms with Crippen LogP contribution in [0.5, 0.6) is 0 Å². The van der Waals surface area contributed by atoms with Gasteiger partial charge in [0.05, 0.1) is 19.3 Å². The fraction of sp³-hybridized carbons (Fsp3) is 0.611. The number of rotatable bonds is 3. The Labute approximate surface area is 132 Å². The fourth-order valence-corrected chi connectivity index (χ4v) is 3.59. The molecule has 0 spiro atoms. The first kappa shape index (κ1) is 15.5. The molecule has 3 rings (SSSR count). The van der Waals surface area contributed by atoms with E-state index in [1.54, 1.807) is 0 Å². The Hall–Kier alpha value is -1.39. The molecule has 1 aromatic rings. The van der Waals surface area contributed by atoms with Crippen LogP contribution in [0.4, 0.5) is 0 Å². The van der Waals surface area contributed by atoms with Gasteiger partial charge in [-0.2, -0.15) is 0 Å². The first-order valence-electron chi connectivity index (χ1n) is 8.26. The van der Waals surface area contributed by atoms with Gasteiger partial charge >= 0.3 is 0 Å². The number of nitrogens with one attached hydrogen (secondary N) is 2. The highest BCUT2D eigenvalue weighted by molar-refractivity contribution is 5.77. The van der Waals surface area contributed by atoms with Crippen molar-refractivity contribution in [3.05, 3.63) is 35.4 Å². The smallest absolute Gasteiger partial charge is 0.222 e.